The number of anilines is 1. The van der Waals surface area contributed by atoms with Gasteiger partial charge in [-0.15, -0.1) is 0 Å². The van der Waals surface area contributed by atoms with Gasteiger partial charge in [0.2, 0.25) is 5.95 Å². The highest BCUT2D eigenvalue weighted by molar-refractivity contribution is 6.12. The highest BCUT2D eigenvalue weighted by atomic mass is 19.1. The fraction of sp³-hybridized carbons (Fsp3) is 0.200. The van der Waals surface area contributed by atoms with Gasteiger partial charge in [0.25, 0.3) is 5.91 Å². The number of aromatic nitrogens is 5. The second kappa shape index (κ2) is 8.12. The normalized spacial score (nSPS) is 11.4. The van der Waals surface area contributed by atoms with E-state index in [0.717, 1.165) is 24.0 Å². The van der Waals surface area contributed by atoms with E-state index in [0.29, 0.717) is 39.6 Å². The van der Waals surface area contributed by atoms with Crippen molar-refractivity contribution in [1.29, 1.82) is 0 Å². The number of hydrogen-bond donors (Lipinski definition) is 1. The molecule has 2 aromatic carbocycles. The van der Waals surface area contributed by atoms with Crippen molar-refractivity contribution in [3.05, 3.63) is 77.4 Å². The van der Waals surface area contributed by atoms with E-state index in [1.807, 2.05) is 42.7 Å². The number of para-hydroxylation sites is 2. The molecule has 0 radical (unpaired) electrons. The van der Waals surface area contributed by atoms with Crippen LogP contribution in [0.2, 0.25) is 0 Å². The lowest BCUT2D eigenvalue weighted by Gasteiger charge is -2.10. The quantitative estimate of drug-likeness (QED) is 0.406. The molecule has 1 N–H and O–H groups in total. The number of hydrogen-bond acceptors (Lipinski definition) is 4. The molecule has 5 rings (SSSR count). The van der Waals surface area contributed by atoms with E-state index in [1.165, 1.54) is 12.1 Å². The molecule has 0 saturated heterocycles. The van der Waals surface area contributed by atoms with E-state index < -0.39 is 0 Å². The minimum Gasteiger partial charge on any atom is -0.310 e. The van der Waals surface area contributed by atoms with Gasteiger partial charge in [0.05, 0.1) is 33.4 Å². The van der Waals surface area contributed by atoms with Crippen LogP contribution in [0, 0.1) is 19.7 Å². The summed E-state index contributed by atoms with van der Waals surface area (Å²) in [5, 5.41) is 8.25. The molecule has 3 heterocycles. The number of fused-ring (bicyclic) bond motifs is 2. The van der Waals surface area contributed by atoms with Crippen LogP contribution in [-0.2, 0) is 6.54 Å². The largest absolute Gasteiger partial charge is 0.310 e. The summed E-state index contributed by atoms with van der Waals surface area (Å²) in [7, 11) is 0. The molecular weight excluding hydrogens is 419 g/mol. The monoisotopic (exact) mass is 442 g/mol. The number of benzene rings is 2. The molecule has 7 nitrogen and oxygen atoms in total. The molecule has 0 aliphatic rings. The SMILES string of the molecule is CCCn1c(NC(=O)c2cc(C)nc3c2c(C)nn3-c2ccc(F)cc2)nc2ccccc21. The summed E-state index contributed by atoms with van der Waals surface area (Å²) in [6.07, 6.45) is 0.908. The van der Waals surface area contributed by atoms with Crippen molar-refractivity contribution in [3.63, 3.8) is 0 Å². The summed E-state index contributed by atoms with van der Waals surface area (Å²) in [6, 6.07) is 15.6. The second-order valence-electron chi connectivity index (χ2n) is 8.01. The van der Waals surface area contributed by atoms with E-state index in [2.05, 4.69) is 27.3 Å². The van der Waals surface area contributed by atoms with Crippen molar-refractivity contribution in [2.45, 2.75) is 33.7 Å². The average Bonchev–Trinajstić information content (AvgIpc) is 3.31. The molecule has 0 fully saturated rings. The third-order valence-electron chi connectivity index (χ3n) is 5.58. The van der Waals surface area contributed by atoms with Gasteiger partial charge in [-0.05, 0) is 62.7 Å². The average molecular weight is 442 g/mol. The maximum Gasteiger partial charge on any atom is 0.258 e. The van der Waals surface area contributed by atoms with Crippen LogP contribution in [0.25, 0.3) is 27.8 Å². The van der Waals surface area contributed by atoms with Crippen LogP contribution in [0.3, 0.4) is 0 Å². The third kappa shape index (κ3) is 3.63. The van der Waals surface area contributed by atoms with Crippen molar-refractivity contribution in [2.24, 2.45) is 0 Å². The molecule has 166 valence electrons. The van der Waals surface area contributed by atoms with E-state index in [4.69, 9.17) is 0 Å². The number of aryl methyl sites for hydroxylation is 3. The molecule has 0 aliphatic heterocycles. The zero-order chi connectivity index (χ0) is 23.1. The summed E-state index contributed by atoms with van der Waals surface area (Å²) in [4.78, 5) is 22.8. The molecule has 0 bridgehead atoms. The Morgan fingerprint density at radius 3 is 2.58 bits per heavy atom. The zero-order valence-corrected chi connectivity index (χ0v) is 18.6. The summed E-state index contributed by atoms with van der Waals surface area (Å²) < 4.78 is 17.1. The second-order valence-corrected chi connectivity index (χ2v) is 8.01. The van der Waals surface area contributed by atoms with Gasteiger partial charge in [0, 0.05) is 12.2 Å². The number of carbonyl (C=O) groups is 1. The van der Waals surface area contributed by atoms with Crippen molar-refractivity contribution in [3.8, 4) is 5.69 Å². The summed E-state index contributed by atoms with van der Waals surface area (Å²) >= 11 is 0. The Bertz CT molecular complexity index is 1500. The zero-order valence-electron chi connectivity index (χ0n) is 18.6. The summed E-state index contributed by atoms with van der Waals surface area (Å²) in [6.45, 7) is 6.49. The van der Waals surface area contributed by atoms with Gasteiger partial charge >= 0.3 is 0 Å². The molecule has 5 aromatic rings. The Labute approximate surface area is 189 Å². The highest BCUT2D eigenvalue weighted by Crippen LogP contribution is 2.27. The fourth-order valence-corrected chi connectivity index (χ4v) is 4.15. The van der Waals surface area contributed by atoms with Crippen molar-refractivity contribution in [2.75, 3.05) is 5.32 Å². The van der Waals surface area contributed by atoms with E-state index >= 15 is 0 Å². The van der Waals surface area contributed by atoms with Gasteiger partial charge < -0.3 is 4.57 Å². The number of nitrogens with zero attached hydrogens (tertiary/aromatic N) is 5. The van der Waals surface area contributed by atoms with Crippen molar-refractivity contribution in [1.82, 2.24) is 24.3 Å². The predicted molar refractivity (Wildman–Crippen MR) is 126 cm³/mol. The van der Waals surface area contributed by atoms with E-state index in [9.17, 15) is 9.18 Å². The number of nitrogens with one attached hydrogen (secondary N) is 1. The van der Waals surface area contributed by atoms with Gasteiger partial charge in [0.1, 0.15) is 5.82 Å². The van der Waals surface area contributed by atoms with Gasteiger partial charge in [-0.1, -0.05) is 19.1 Å². The number of pyridine rings is 1. The molecular formula is C25H23FN6O. The molecule has 3 aromatic heterocycles. The topological polar surface area (TPSA) is 77.6 Å². The highest BCUT2D eigenvalue weighted by Gasteiger charge is 2.21. The molecule has 8 heteroatoms. The minimum atomic E-state index is -0.328. The molecule has 0 saturated carbocycles. The van der Waals surface area contributed by atoms with E-state index in [1.54, 1.807) is 22.9 Å². The number of halogens is 1. The molecule has 33 heavy (non-hydrogen) atoms. The van der Waals surface area contributed by atoms with E-state index in [-0.39, 0.29) is 11.7 Å². The first-order valence-electron chi connectivity index (χ1n) is 10.9. The molecule has 0 unspecified atom stereocenters. The van der Waals surface area contributed by atoms with Crippen LogP contribution in [0.1, 0.15) is 35.1 Å². The Hall–Kier alpha value is -4.07. The van der Waals surface area contributed by atoms with Crippen LogP contribution in [-0.4, -0.2) is 30.2 Å². The van der Waals surface area contributed by atoms with Crippen molar-refractivity contribution < 1.29 is 9.18 Å². The Morgan fingerprint density at radius 2 is 1.82 bits per heavy atom. The van der Waals surface area contributed by atoms with Gasteiger partial charge in [0.15, 0.2) is 5.65 Å². The number of imidazole rings is 1. The van der Waals surface area contributed by atoms with Gasteiger partial charge in [-0.2, -0.15) is 5.10 Å². The number of rotatable bonds is 5. The molecule has 0 spiro atoms. The lowest BCUT2D eigenvalue weighted by atomic mass is 10.1. The first-order valence-corrected chi connectivity index (χ1v) is 10.9. The fourth-order valence-electron chi connectivity index (χ4n) is 4.15. The first-order chi connectivity index (χ1) is 16.0. The maximum atomic E-state index is 13.5. The lowest BCUT2D eigenvalue weighted by molar-refractivity contribution is 0.102. The van der Waals surface area contributed by atoms with Gasteiger partial charge in [-0.25, -0.2) is 19.0 Å². The maximum absolute atomic E-state index is 13.5. The van der Waals surface area contributed by atoms with Crippen LogP contribution in [0.5, 0.6) is 0 Å². The van der Waals surface area contributed by atoms with Crippen LogP contribution in [0.4, 0.5) is 10.3 Å². The number of amides is 1. The lowest BCUT2D eigenvalue weighted by Crippen LogP contribution is -2.17. The summed E-state index contributed by atoms with van der Waals surface area (Å²) in [5.41, 5.74) is 4.84. The van der Waals surface area contributed by atoms with Crippen LogP contribution < -0.4 is 5.32 Å². The van der Waals surface area contributed by atoms with Crippen LogP contribution >= 0.6 is 0 Å². The number of carbonyl (C=O) groups excluding carboxylic acids is 1. The minimum absolute atomic E-state index is 0.278. The standard InChI is InChI=1S/C25H23FN6O/c1-4-13-31-21-8-6-5-7-20(21)28-25(31)29-24(33)19-14-15(2)27-23-22(19)16(3)30-32(23)18-11-9-17(26)10-12-18/h5-12,14H,4,13H2,1-3H3,(H,28,29,33). The molecule has 1 amide bonds. The van der Waals surface area contributed by atoms with Crippen molar-refractivity contribution >= 4 is 33.9 Å². The molecule has 0 atom stereocenters. The van der Waals surface area contributed by atoms with Crippen LogP contribution in [0.15, 0.2) is 54.6 Å². The Balaban J connectivity index is 1.61. The predicted octanol–water partition coefficient (Wildman–Crippen LogP) is 5.19. The summed E-state index contributed by atoms with van der Waals surface area (Å²) in [5.74, 6) is -0.0970. The first kappa shape index (κ1) is 20.8. The third-order valence-corrected chi connectivity index (χ3v) is 5.58. The Morgan fingerprint density at radius 1 is 1.06 bits per heavy atom. The molecule has 0 aliphatic carbocycles. The Kier molecular flexibility index (Phi) is 5.12. The van der Waals surface area contributed by atoms with Gasteiger partial charge in [-0.3, -0.25) is 10.1 Å². The smallest absolute Gasteiger partial charge is 0.258 e.